The summed E-state index contributed by atoms with van der Waals surface area (Å²) in [6, 6.07) is -0.348. The van der Waals surface area contributed by atoms with Gasteiger partial charge in [-0.15, -0.1) is 5.53 Å². The molecule has 13 heavy (non-hydrogen) atoms. The van der Waals surface area contributed by atoms with Crippen LogP contribution in [0.15, 0.2) is 5.22 Å². The minimum Gasteiger partial charge on any atom is -0.322 e. The summed E-state index contributed by atoms with van der Waals surface area (Å²) in [5.41, 5.74) is 15.9. The molecule has 0 spiro atoms. The second-order valence-electron chi connectivity index (χ2n) is 2.81. The van der Waals surface area contributed by atoms with Gasteiger partial charge in [0.05, 0.1) is 12.6 Å². The Hall–Kier alpha value is -1.26. The summed E-state index contributed by atoms with van der Waals surface area (Å²) in [6.45, 7) is 2.11. The quantitative estimate of drug-likeness (QED) is 0.202. The van der Waals surface area contributed by atoms with Gasteiger partial charge >= 0.3 is 0 Å². The van der Waals surface area contributed by atoms with E-state index in [4.69, 9.17) is 11.3 Å². The summed E-state index contributed by atoms with van der Waals surface area (Å²) in [6.07, 6.45) is 2.39. The number of azide groups is 1. The van der Waals surface area contributed by atoms with E-state index in [1.807, 2.05) is 0 Å². The Morgan fingerprint density at radius 1 is 1.69 bits per heavy atom. The molecule has 0 saturated carbocycles. The number of unbranched alkanes of at least 4 members (excludes halogenated alkanes) is 1. The second kappa shape index (κ2) is 7.39. The smallest absolute Gasteiger partial charge is 0.146 e. The normalized spacial score (nSPS) is 11.5. The monoisotopic (exact) mass is 185 g/mol. The molecule has 6 heteroatoms. The molecule has 0 saturated heterocycles. The molecule has 0 aliphatic rings. The van der Waals surface area contributed by atoms with Gasteiger partial charge in [-0.1, -0.05) is 0 Å². The molecular formula is C7H15N5O. The Morgan fingerprint density at radius 2 is 2.38 bits per heavy atom. The van der Waals surface area contributed by atoms with E-state index in [2.05, 4.69) is 15.6 Å². The van der Waals surface area contributed by atoms with Crippen LogP contribution < -0.4 is 11.2 Å². The van der Waals surface area contributed by atoms with Crippen LogP contribution >= 0.6 is 0 Å². The number of ketones is 1. The molecule has 0 aliphatic heterocycles. The Labute approximate surface area is 77.1 Å². The molecule has 1 atom stereocenters. The summed E-state index contributed by atoms with van der Waals surface area (Å²) < 4.78 is 0. The maximum Gasteiger partial charge on any atom is 0.146 e. The van der Waals surface area contributed by atoms with E-state index >= 15 is 0 Å². The highest BCUT2D eigenvalue weighted by Gasteiger charge is 2.06. The van der Waals surface area contributed by atoms with E-state index in [1.165, 1.54) is 6.92 Å². The molecule has 6 nitrogen and oxygen atoms in total. The van der Waals surface area contributed by atoms with Crippen molar-refractivity contribution in [2.45, 2.75) is 32.2 Å². The number of carbonyl (C=O) groups excluding carboxylic acids is 1. The summed E-state index contributed by atoms with van der Waals surface area (Å²) in [5, 5.41) is 3.16. The highest BCUT2D eigenvalue weighted by atomic mass is 16.1. The van der Waals surface area contributed by atoms with Gasteiger partial charge in [-0.05, 0) is 31.4 Å². The van der Waals surface area contributed by atoms with E-state index in [0.29, 0.717) is 13.0 Å². The molecule has 0 bridgehead atoms. The van der Waals surface area contributed by atoms with Crippen LogP contribution in [0.1, 0.15) is 26.2 Å². The molecule has 1 unspecified atom stereocenters. The van der Waals surface area contributed by atoms with Gasteiger partial charge < -0.3 is 5.73 Å². The van der Waals surface area contributed by atoms with Crippen LogP contribution in [0.5, 0.6) is 0 Å². The van der Waals surface area contributed by atoms with Crippen molar-refractivity contribution in [3.8, 4) is 0 Å². The van der Waals surface area contributed by atoms with Crippen LogP contribution in [0.25, 0.3) is 10.4 Å². The van der Waals surface area contributed by atoms with Gasteiger partial charge in [-0.3, -0.25) is 10.2 Å². The number of hydrogen-bond acceptors (Lipinski definition) is 3. The molecule has 0 radical (unpaired) electrons. The van der Waals surface area contributed by atoms with Crippen molar-refractivity contribution < 1.29 is 4.79 Å². The van der Waals surface area contributed by atoms with E-state index in [1.54, 1.807) is 0 Å². The Kier molecular flexibility index (Phi) is 6.68. The summed E-state index contributed by atoms with van der Waals surface area (Å²) >= 11 is 0. The molecule has 0 aromatic heterocycles. The minimum absolute atomic E-state index is 0.0167. The van der Waals surface area contributed by atoms with E-state index in [0.717, 1.165) is 12.8 Å². The molecular weight excluding hydrogens is 170 g/mol. The van der Waals surface area contributed by atoms with E-state index in [-0.39, 0.29) is 11.8 Å². The lowest BCUT2D eigenvalue weighted by Gasteiger charge is -2.05. The number of hydrogen-bond donors (Lipinski definition) is 2. The highest BCUT2D eigenvalue weighted by molar-refractivity contribution is 5.80. The van der Waals surface area contributed by atoms with Crippen molar-refractivity contribution in [3.05, 3.63) is 10.4 Å². The summed E-state index contributed by atoms with van der Waals surface area (Å²) in [4.78, 5) is 13.2. The average Bonchev–Trinajstić information content (AvgIpc) is 2.10. The lowest BCUT2D eigenvalue weighted by atomic mass is 10.1. The van der Waals surface area contributed by atoms with Crippen molar-refractivity contribution >= 4 is 5.78 Å². The number of nitrogens with one attached hydrogen (secondary N) is 1. The zero-order valence-electron chi connectivity index (χ0n) is 7.73. The van der Waals surface area contributed by atoms with Gasteiger partial charge in [0.1, 0.15) is 5.78 Å². The predicted octanol–water partition coefficient (Wildman–Crippen LogP) is 0.888. The van der Waals surface area contributed by atoms with E-state index in [9.17, 15) is 4.79 Å². The highest BCUT2D eigenvalue weighted by Crippen LogP contribution is 1.98. The molecule has 0 aromatic carbocycles. The van der Waals surface area contributed by atoms with Crippen LogP contribution in [0.2, 0.25) is 0 Å². The van der Waals surface area contributed by atoms with Crippen LogP contribution in [-0.2, 0) is 4.79 Å². The van der Waals surface area contributed by atoms with Gasteiger partial charge in [0.2, 0.25) is 0 Å². The van der Waals surface area contributed by atoms with Gasteiger partial charge in [0.25, 0.3) is 0 Å². The zero-order valence-corrected chi connectivity index (χ0v) is 7.73. The number of Topliss-reactive ketones (excluding diaryl/α,β-unsaturated/α-hetero) is 1. The number of rotatable bonds is 7. The third kappa shape index (κ3) is 7.11. The Balaban J connectivity index is 3.25. The fourth-order valence-corrected chi connectivity index (χ4v) is 0.853. The van der Waals surface area contributed by atoms with Crippen molar-refractivity contribution in [1.29, 1.82) is 0 Å². The summed E-state index contributed by atoms with van der Waals surface area (Å²) in [5.74, 6) is 0.0167. The molecule has 0 fully saturated rings. The van der Waals surface area contributed by atoms with Gasteiger partial charge in [0, 0.05) is 0 Å². The lowest BCUT2D eigenvalue weighted by Crippen LogP contribution is -2.28. The zero-order chi connectivity index (χ0) is 10.1. The molecule has 74 valence electrons. The van der Waals surface area contributed by atoms with Crippen molar-refractivity contribution in [1.82, 2.24) is 5.43 Å². The Bertz CT molecular complexity index is 199. The maximum absolute atomic E-state index is 10.7. The third-order valence-corrected chi connectivity index (χ3v) is 1.69. The van der Waals surface area contributed by atoms with Crippen molar-refractivity contribution in [2.75, 3.05) is 6.54 Å². The van der Waals surface area contributed by atoms with Gasteiger partial charge in [0.15, 0.2) is 0 Å². The molecule has 3 N–H and O–H groups in total. The van der Waals surface area contributed by atoms with Crippen LogP contribution in [0.4, 0.5) is 0 Å². The summed E-state index contributed by atoms with van der Waals surface area (Å²) in [7, 11) is 0. The Morgan fingerprint density at radius 3 is 2.92 bits per heavy atom. The minimum atomic E-state index is -0.348. The molecule has 0 rings (SSSR count). The second-order valence-corrected chi connectivity index (χ2v) is 2.81. The van der Waals surface area contributed by atoms with Crippen LogP contribution in [0.3, 0.4) is 0 Å². The molecule has 0 aromatic rings. The first kappa shape index (κ1) is 11.7. The first-order valence-corrected chi connectivity index (χ1v) is 4.21. The SMILES string of the molecule is CC(=O)C(N)CCCCNN=[N+]=[N-]. The number of carbonyl (C=O) groups is 1. The molecule has 0 heterocycles. The average molecular weight is 185 g/mol. The topological polar surface area (TPSA) is 104 Å². The largest absolute Gasteiger partial charge is 0.322 e. The number of nitrogens with zero attached hydrogens (tertiary/aromatic N) is 3. The maximum atomic E-state index is 10.7. The van der Waals surface area contributed by atoms with Crippen molar-refractivity contribution in [2.24, 2.45) is 11.0 Å². The van der Waals surface area contributed by atoms with Gasteiger partial charge in [-0.2, -0.15) is 4.91 Å². The fourth-order valence-electron chi connectivity index (χ4n) is 0.853. The fraction of sp³-hybridized carbons (Fsp3) is 0.857. The first-order chi connectivity index (χ1) is 6.18. The third-order valence-electron chi connectivity index (χ3n) is 1.69. The number of nitrogens with two attached hydrogens (primary N) is 1. The molecule has 0 aliphatic carbocycles. The van der Waals surface area contributed by atoms with Crippen LogP contribution in [-0.4, -0.2) is 18.4 Å². The molecule has 0 amide bonds. The first-order valence-electron chi connectivity index (χ1n) is 4.21. The van der Waals surface area contributed by atoms with E-state index < -0.39 is 0 Å². The lowest BCUT2D eigenvalue weighted by molar-refractivity contribution is -0.118. The van der Waals surface area contributed by atoms with Gasteiger partial charge in [-0.25, -0.2) is 0 Å². The van der Waals surface area contributed by atoms with Crippen molar-refractivity contribution in [3.63, 3.8) is 0 Å². The van der Waals surface area contributed by atoms with Crippen LogP contribution in [0, 0.1) is 0 Å². The predicted molar refractivity (Wildman–Crippen MR) is 49.7 cm³/mol. The standard InChI is InChI=1S/C7H15N5O/c1-6(13)7(8)4-2-3-5-10-12-11-9/h7,10H,2-5,8H2,1H3.